The molecule has 29 heavy (non-hydrogen) atoms. The van der Waals surface area contributed by atoms with Gasteiger partial charge in [-0.15, -0.1) is 0 Å². The van der Waals surface area contributed by atoms with Gasteiger partial charge in [-0.1, -0.05) is 114 Å². The van der Waals surface area contributed by atoms with Crippen molar-refractivity contribution in [3.63, 3.8) is 0 Å². The highest BCUT2D eigenvalue weighted by Crippen LogP contribution is 2.24. The summed E-state index contributed by atoms with van der Waals surface area (Å²) >= 11 is 11.8. The number of unbranched alkanes of at least 4 members (excludes halogenated alkanes) is 13. The van der Waals surface area contributed by atoms with Crippen LogP contribution in [0.5, 0.6) is 0 Å². The number of carbonyl (C=O) groups is 1. The number of carbonyl (C=O) groups excluding carboxylic acids is 1. The minimum Gasteiger partial charge on any atom is -0.325 e. The number of nitrogens with one attached hydrogen (secondary N) is 2. The largest absolute Gasteiger partial charge is 0.325 e. The van der Waals surface area contributed by atoms with Crippen molar-refractivity contribution in [1.29, 1.82) is 0 Å². The maximum absolute atomic E-state index is 11.9. The molecule has 0 aliphatic heterocycles. The first-order valence-electron chi connectivity index (χ1n) is 11.6. The van der Waals surface area contributed by atoms with Crippen molar-refractivity contribution in [3.05, 3.63) is 28.2 Å². The molecule has 0 aromatic heterocycles. The number of halogens is 2. The summed E-state index contributed by atoms with van der Waals surface area (Å²) in [7, 11) is 0. The lowest BCUT2D eigenvalue weighted by atomic mass is 10.0. The molecule has 1 aromatic carbocycles. The molecule has 0 saturated heterocycles. The summed E-state index contributed by atoms with van der Waals surface area (Å²) in [6.45, 7) is 3.47. The minimum atomic E-state index is -0.0613. The van der Waals surface area contributed by atoms with Crippen LogP contribution in [0.15, 0.2) is 18.2 Å². The van der Waals surface area contributed by atoms with E-state index in [1.807, 2.05) is 0 Å². The SMILES string of the molecule is CCCCCCCCCCCCCCCCNCC(=O)Nc1ccc(Cl)c(Cl)c1. The van der Waals surface area contributed by atoms with E-state index in [9.17, 15) is 4.79 Å². The Morgan fingerprint density at radius 2 is 1.28 bits per heavy atom. The van der Waals surface area contributed by atoms with Crippen molar-refractivity contribution in [2.75, 3.05) is 18.4 Å². The molecule has 1 aromatic rings. The molecular formula is C24H40Cl2N2O. The van der Waals surface area contributed by atoms with E-state index in [4.69, 9.17) is 23.2 Å². The van der Waals surface area contributed by atoms with Gasteiger partial charge in [0.25, 0.3) is 0 Å². The van der Waals surface area contributed by atoms with Crippen LogP contribution in [0.3, 0.4) is 0 Å². The van der Waals surface area contributed by atoms with E-state index in [1.54, 1.807) is 18.2 Å². The second-order valence-electron chi connectivity index (χ2n) is 7.95. The Morgan fingerprint density at radius 1 is 0.759 bits per heavy atom. The van der Waals surface area contributed by atoms with Crippen LogP contribution in [0.25, 0.3) is 0 Å². The van der Waals surface area contributed by atoms with Gasteiger partial charge in [0.2, 0.25) is 5.91 Å². The Morgan fingerprint density at radius 3 is 1.79 bits per heavy atom. The van der Waals surface area contributed by atoms with Gasteiger partial charge in [0.15, 0.2) is 0 Å². The van der Waals surface area contributed by atoms with Gasteiger partial charge in [-0.3, -0.25) is 4.79 Å². The molecular weight excluding hydrogens is 403 g/mol. The quantitative estimate of drug-likeness (QED) is 0.226. The fraction of sp³-hybridized carbons (Fsp3) is 0.708. The van der Waals surface area contributed by atoms with Crippen LogP contribution >= 0.6 is 23.2 Å². The van der Waals surface area contributed by atoms with Crippen LogP contribution < -0.4 is 10.6 Å². The van der Waals surface area contributed by atoms with Gasteiger partial charge < -0.3 is 10.6 Å². The molecule has 0 saturated carbocycles. The Bertz CT molecular complexity index is 552. The third kappa shape index (κ3) is 14.8. The van der Waals surface area contributed by atoms with Gasteiger partial charge in [0, 0.05) is 5.69 Å². The summed E-state index contributed by atoms with van der Waals surface area (Å²) in [6.07, 6.45) is 19.0. The van der Waals surface area contributed by atoms with E-state index in [2.05, 4.69) is 17.6 Å². The minimum absolute atomic E-state index is 0.0613. The molecule has 1 amide bonds. The van der Waals surface area contributed by atoms with Gasteiger partial charge in [-0.25, -0.2) is 0 Å². The molecule has 0 aliphatic rings. The van der Waals surface area contributed by atoms with E-state index in [1.165, 1.54) is 83.5 Å². The first-order valence-corrected chi connectivity index (χ1v) is 12.3. The van der Waals surface area contributed by atoms with E-state index >= 15 is 0 Å². The van der Waals surface area contributed by atoms with Crippen LogP contribution in [0, 0.1) is 0 Å². The predicted octanol–water partition coefficient (Wildman–Crippen LogP) is 8.00. The summed E-state index contributed by atoms with van der Waals surface area (Å²) in [6, 6.07) is 5.09. The van der Waals surface area contributed by atoms with Gasteiger partial charge in [-0.2, -0.15) is 0 Å². The molecule has 166 valence electrons. The molecule has 3 nitrogen and oxygen atoms in total. The molecule has 0 heterocycles. The molecule has 0 fully saturated rings. The first kappa shape index (κ1) is 26.3. The van der Waals surface area contributed by atoms with E-state index in [0.717, 1.165) is 13.0 Å². The summed E-state index contributed by atoms with van der Waals surface area (Å²) < 4.78 is 0. The summed E-state index contributed by atoms with van der Waals surface area (Å²) in [4.78, 5) is 11.9. The highest BCUT2D eigenvalue weighted by Gasteiger charge is 2.04. The molecule has 0 unspecified atom stereocenters. The number of benzene rings is 1. The summed E-state index contributed by atoms with van der Waals surface area (Å²) in [5.74, 6) is -0.0613. The number of hydrogen-bond donors (Lipinski definition) is 2. The Hall–Kier alpha value is -0.770. The smallest absolute Gasteiger partial charge is 0.238 e. The monoisotopic (exact) mass is 442 g/mol. The molecule has 2 N–H and O–H groups in total. The highest BCUT2D eigenvalue weighted by molar-refractivity contribution is 6.42. The molecule has 0 bridgehead atoms. The maximum atomic E-state index is 11.9. The zero-order valence-electron chi connectivity index (χ0n) is 18.2. The van der Waals surface area contributed by atoms with Crippen molar-refractivity contribution in [1.82, 2.24) is 5.32 Å². The number of amides is 1. The third-order valence-electron chi connectivity index (χ3n) is 5.20. The van der Waals surface area contributed by atoms with Crippen LogP contribution in [-0.2, 0) is 4.79 Å². The van der Waals surface area contributed by atoms with Gasteiger partial charge in [0.1, 0.15) is 0 Å². The third-order valence-corrected chi connectivity index (χ3v) is 5.94. The fourth-order valence-electron chi connectivity index (χ4n) is 3.43. The van der Waals surface area contributed by atoms with Crippen molar-refractivity contribution < 1.29 is 4.79 Å². The Kier molecular flexibility index (Phi) is 16.3. The lowest BCUT2D eigenvalue weighted by molar-refractivity contribution is -0.115. The molecule has 0 aliphatic carbocycles. The van der Waals surface area contributed by atoms with Gasteiger partial charge in [0.05, 0.1) is 16.6 Å². The average Bonchev–Trinajstić information content (AvgIpc) is 2.70. The van der Waals surface area contributed by atoms with Gasteiger partial charge in [-0.05, 0) is 31.2 Å². The standard InChI is InChI=1S/C24H40Cl2N2O/c1-2-3-4-5-6-7-8-9-10-11-12-13-14-15-18-27-20-24(29)28-21-16-17-22(25)23(26)19-21/h16-17,19,27H,2-15,18,20H2,1H3,(H,28,29). The predicted molar refractivity (Wildman–Crippen MR) is 128 cm³/mol. The van der Waals surface area contributed by atoms with Crippen LogP contribution in [0.1, 0.15) is 96.8 Å². The molecule has 5 heteroatoms. The average molecular weight is 444 g/mol. The molecule has 0 spiro atoms. The van der Waals surface area contributed by atoms with E-state index in [0.29, 0.717) is 22.3 Å². The Balaban J connectivity index is 1.84. The second-order valence-corrected chi connectivity index (χ2v) is 8.76. The van der Waals surface area contributed by atoms with Crippen molar-refractivity contribution >= 4 is 34.8 Å². The second kappa shape index (κ2) is 18.0. The highest BCUT2D eigenvalue weighted by atomic mass is 35.5. The fourth-order valence-corrected chi connectivity index (χ4v) is 3.72. The van der Waals surface area contributed by atoms with E-state index < -0.39 is 0 Å². The van der Waals surface area contributed by atoms with Gasteiger partial charge >= 0.3 is 0 Å². The van der Waals surface area contributed by atoms with E-state index in [-0.39, 0.29) is 5.91 Å². The summed E-state index contributed by atoms with van der Waals surface area (Å²) in [5.41, 5.74) is 0.669. The van der Waals surface area contributed by atoms with Crippen LogP contribution in [0.2, 0.25) is 10.0 Å². The molecule has 1 rings (SSSR count). The molecule has 0 radical (unpaired) electrons. The lowest BCUT2D eigenvalue weighted by Gasteiger charge is -2.08. The topological polar surface area (TPSA) is 41.1 Å². The number of anilines is 1. The van der Waals surface area contributed by atoms with Crippen molar-refractivity contribution in [2.24, 2.45) is 0 Å². The number of hydrogen-bond acceptors (Lipinski definition) is 2. The van der Waals surface area contributed by atoms with Crippen molar-refractivity contribution in [2.45, 2.75) is 96.8 Å². The normalized spacial score (nSPS) is 11.0. The zero-order valence-corrected chi connectivity index (χ0v) is 19.7. The Labute approximate surface area is 188 Å². The maximum Gasteiger partial charge on any atom is 0.238 e. The number of rotatable bonds is 18. The zero-order chi connectivity index (χ0) is 21.2. The van der Waals surface area contributed by atoms with Crippen LogP contribution in [0.4, 0.5) is 5.69 Å². The van der Waals surface area contributed by atoms with Crippen LogP contribution in [-0.4, -0.2) is 19.0 Å². The molecule has 0 atom stereocenters. The lowest BCUT2D eigenvalue weighted by Crippen LogP contribution is -2.28. The summed E-state index contributed by atoms with van der Waals surface area (Å²) in [5, 5.41) is 6.95. The van der Waals surface area contributed by atoms with Crippen molar-refractivity contribution in [3.8, 4) is 0 Å². The first-order chi connectivity index (χ1) is 14.1.